The Balaban J connectivity index is 1.91. The van der Waals surface area contributed by atoms with Crippen molar-refractivity contribution < 1.29 is 19.5 Å². The number of carbonyl (C=O) groups is 2. The third-order valence-corrected chi connectivity index (χ3v) is 5.22. The molecule has 0 radical (unpaired) electrons. The van der Waals surface area contributed by atoms with Gasteiger partial charge in [-0.25, -0.2) is 4.79 Å². The molecule has 2 heterocycles. The van der Waals surface area contributed by atoms with Crippen LogP contribution in [0.3, 0.4) is 0 Å². The van der Waals surface area contributed by atoms with E-state index in [2.05, 4.69) is 29.2 Å². The van der Waals surface area contributed by atoms with Crippen LogP contribution in [0.15, 0.2) is 41.6 Å². The number of benzene rings is 2. The van der Waals surface area contributed by atoms with Crippen LogP contribution in [0.1, 0.15) is 16.7 Å². The van der Waals surface area contributed by atoms with Crippen molar-refractivity contribution in [3.05, 3.63) is 53.1 Å². The molecule has 0 saturated heterocycles. The van der Waals surface area contributed by atoms with Gasteiger partial charge in [0.25, 0.3) is 5.91 Å². The minimum absolute atomic E-state index is 0.145. The van der Waals surface area contributed by atoms with Crippen LogP contribution in [-0.2, 0) is 27.4 Å². The van der Waals surface area contributed by atoms with Crippen LogP contribution >= 0.6 is 0 Å². The lowest BCUT2D eigenvalue weighted by atomic mass is 9.87. The number of rotatable bonds is 4. The van der Waals surface area contributed by atoms with Crippen LogP contribution in [0.5, 0.6) is 0 Å². The largest absolute Gasteiger partial charge is 0.479 e. The molecule has 0 atom stereocenters. The Kier molecular flexibility index (Phi) is 4.60. The van der Waals surface area contributed by atoms with Crippen molar-refractivity contribution in [2.24, 2.45) is 5.16 Å². The maximum absolute atomic E-state index is 12.8. The first-order chi connectivity index (χ1) is 13.5. The SMILES string of the molecule is CN1CCc2c(-c3ccccc3)cc3c(c2C1)N(C)C(=O)C3=NOCC(=O)O. The highest BCUT2D eigenvalue weighted by Gasteiger charge is 2.37. The highest BCUT2D eigenvalue weighted by molar-refractivity contribution is 6.54. The van der Waals surface area contributed by atoms with Crippen LogP contribution in [0.2, 0.25) is 0 Å². The molecule has 7 heteroatoms. The van der Waals surface area contributed by atoms with Crippen LogP contribution in [0, 0.1) is 0 Å². The Morgan fingerprint density at radius 1 is 1.18 bits per heavy atom. The van der Waals surface area contributed by atoms with Gasteiger partial charge in [0.15, 0.2) is 5.71 Å². The molecule has 7 nitrogen and oxygen atoms in total. The fourth-order valence-electron chi connectivity index (χ4n) is 3.93. The number of carbonyl (C=O) groups excluding carboxylic acids is 1. The fraction of sp³-hybridized carbons (Fsp3) is 0.286. The molecule has 2 aliphatic heterocycles. The quantitative estimate of drug-likeness (QED) is 0.823. The number of oxime groups is 1. The van der Waals surface area contributed by atoms with Gasteiger partial charge in [-0.1, -0.05) is 35.5 Å². The number of aliphatic carboxylic acids is 1. The molecule has 28 heavy (non-hydrogen) atoms. The van der Waals surface area contributed by atoms with Crippen LogP contribution in [0.25, 0.3) is 11.1 Å². The van der Waals surface area contributed by atoms with Gasteiger partial charge in [0.1, 0.15) is 0 Å². The van der Waals surface area contributed by atoms with Gasteiger partial charge in [0.05, 0.1) is 5.69 Å². The zero-order valence-electron chi connectivity index (χ0n) is 15.8. The second-order valence-electron chi connectivity index (χ2n) is 7.10. The van der Waals surface area contributed by atoms with Crippen LogP contribution < -0.4 is 4.90 Å². The van der Waals surface area contributed by atoms with Crippen molar-refractivity contribution in [2.45, 2.75) is 13.0 Å². The molecule has 0 aromatic heterocycles. The van der Waals surface area contributed by atoms with E-state index in [1.165, 1.54) is 5.56 Å². The van der Waals surface area contributed by atoms with Gasteiger partial charge in [-0.3, -0.25) is 4.79 Å². The summed E-state index contributed by atoms with van der Waals surface area (Å²) in [5, 5.41) is 12.7. The van der Waals surface area contributed by atoms with Crippen molar-refractivity contribution in [3.63, 3.8) is 0 Å². The number of hydrogen-bond acceptors (Lipinski definition) is 5. The van der Waals surface area contributed by atoms with E-state index in [9.17, 15) is 9.59 Å². The monoisotopic (exact) mass is 379 g/mol. The summed E-state index contributed by atoms with van der Waals surface area (Å²) in [4.78, 5) is 32.3. The third kappa shape index (κ3) is 3.03. The summed E-state index contributed by atoms with van der Waals surface area (Å²) in [6.07, 6.45) is 0.896. The Bertz CT molecular complexity index is 985. The molecule has 0 saturated carbocycles. The van der Waals surface area contributed by atoms with Gasteiger partial charge in [-0.15, -0.1) is 0 Å². The molecule has 0 bridgehead atoms. The highest BCUT2D eigenvalue weighted by Crippen LogP contribution is 2.42. The van der Waals surface area contributed by atoms with Crippen molar-refractivity contribution in [1.29, 1.82) is 0 Å². The average molecular weight is 379 g/mol. The van der Waals surface area contributed by atoms with Crippen molar-refractivity contribution in [2.75, 3.05) is 32.1 Å². The molecule has 4 rings (SSSR count). The first kappa shape index (κ1) is 18.2. The number of fused-ring (bicyclic) bond motifs is 3. The summed E-state index contributed by atoms with van der Waals surface area (Å²) in [5.74, 6) is -1.43. The predicted octanol–water partition coefficient (Wildman–Crippen LogP) is 2.12. The molecule has 2 aromatic carbocycles. The predicted molar refractivity (Wildman–Crippen MR) is 105 cm³/mol. The molecule has 2 aromatic rings. The number of hydrogen-bond donors (Lipinski definition) is 1. The summed E-state index contributed by atoms with van der Waals surface area (Å²) in [7, 11) is 3.78. The molecule has 2 aliphatic rings. The summed E-state index contributed by atoms with van der Waals surface area (Å²) in [6, 6.07) is 12.1. The summed E-state index contributed by atoms with van der Waals surface area (Å²) in [5.41, 5.74) is 6.19. The van der Waals surface area contributed by atoms with Gasteiger partial charge in [-0.2, -0.15) is 0 Å². The first-order valence-corrected chi connectivity index (χ1v) is 9.10. The molecule has 1 amide bonds. The Morgan fingerprint density at radius 3 is 2.64 bits per heavy atom. The number of anilines is 1. The van der Waals surface area contributed by atoms with E-state index >= 15 is 0 Å². The van der Waals surface area contributed by atoms with Crippen molar-refractivity contribution in [3.8, 4) is 11.1 Å². The number of carboxylic acids is 1. The molecule has 0 fully saturated rings. The van der Waals surface area contributed by atoms with Crippen molar-refractivity contribution >= 4 is 23.3 Å². The van der Waals surface area contributed by atoms with E-state index in [0.29, 0.717) is 5.56 Å². The van der Waals surface area contributed by atoms with E-state index in [4.69, 9.17) is 9.94 Å². The second-order valence-corrected chi connectivity index (χ2v) is 7.10. The molecule has 1 N–H and O–H groups in total. The number of nitrogens with zero attached hydrogens (tertiary/aromatic N) is 3. The minimum Gasteiger partial charge on any atom is -0.479 e. The lowest BCUT2D eigenvalue weighted by Gasteiger charge is -2.30. The summed E-state index contributed by atoms with van der Waals surface area (Å²) < 4.78 is 0. The number of carboxylic acid groups (broad SMARTS) is 1. The third-order valence-electron chi connectivity index (χ3n) is 5.22. The van der Waals surface area contributed by atoms with Gasteiger partial charge < -0.3 is 19.7 Å². The number of amides is 1. The Morgan fingerprint density at radius 2 is 1.93 bits per heavy atom. The molecular weight excluding hydrogens is 358 g/mol. The summed E-state index contributed by atoms with van der Waals surface area (Å²) in [6.45, 7) is 1.10. The first-order valence-electron chi connectivity index (χ1n) is 9.10. The molecule has 144 valence electrons. The topological polar surface area (TPSA) is 82.4 Å². The minimum atomic E-state index is -1.14. The van der Waals surface area contributed by atoms with Gasteiger partial charge >= 0.3 is 5.97 Å². The zero-order chi connectivity index (χ0) is 19.8. The van der Waals surface area contributed by atoms with Gasteiger partial charge in [-0.05, 0) is 41.8 Å². The van der Waals surface area contributed by atoms with E-state index < -0.39 is 12.6 Å². The van der Waals surface area contributed by atoms with E-state index in [0.717, 1.165) is 41.9 Å². The highest BCUT2D eigenvalue weighted by atomic mass is 16.6. The molecular formula is C21H21N3O4. The van der Waals surface area contributed by atoms with Crippen molar-refractivity contribution in [1.82, 2.24) is 4.90 Å². The Hall–Kier alpha value is -3.19. The van der Waals surface area contributed by atoms with E-state index in [-0.39, 0.29) is 11.6 Å². The molecule has 0 unspecified atom stereocenters. The Labute approximate surface area is 162 Å². The lowest BCUT2D eigenvalue weighted by Crippen LogP contribution is -2.30. The maximum atomic E-state index is 12.8. The maximum Gasteiger partial charge on any atom is 0.344 e. The molecule has 0 aliphatic carbocycles. The smallest absolute Gasteiger partial charge is 0.344 e. The van der Waals surface area contributed by atoms with E-state index in [1.807, 2.05) is 24.3 Å². The van der Waals surface area contributed by atoms with Gasteiger partial charge in [0.2, 0.25) is 6.61 Å². The standard InChI is InChI=1S/C21H21N3O4/c1-23-9-8-14-15(13-6-4-3-5-7-13)10-16-19(22-28-12-18(25)26)21(27)24(2)20(16)17(14)11-23/h3-7,10H,8-9,11-12H2,1-2H3,(H,25,26). The van der Waals surface area contributed by atoms with Crippen LogP contribution in [0.4, 0.5) is 5.69 Å². The average Bonchev–Trinajstić information content (AvgIpc) is 2.92. The molecule has 0 spiro atoms. The lowest BCUT2D eigenvalue weighted by molar-refractivity contribution is -0.142. The normalized spacial score (nSPS) is 17.6. The zero-order valence-corrected chi connectivity index (χ0v) is 15.8. The number of likely N-dealkylation sites (N-methyl/N-ethyl adjacent to an activating group) is 2. The van der Waals surface area contributed by atoms with E-state index in [1.54, 1.807) is 11.9 Å². The second kappa shape index (κ2) is 7.09. The van der Waals surface area contributed by atoms with Gasteiger partial charge in [0, 0.05) is 25.7 Å². The summed E-state index contributed by atoms with van der Waals surface area (Å²) >= 11 is 0. The fourth-order valence-corrected chi connectivity index (χ4v) is 3.93. The van der Waals surface area contributed by atoms with Crippen LogP contribution in [-0.4, -0.2) is 54.8 Å².